The molecule has 0 saturated heterocycles. The first kappa shape index (κ1) is 17.9. The summed E-state index contributed by atoms with van der Waals surface area (Å²) in [7, 11) is 0. The molecule has 6 nitrogen and oxygen atoms in total. The molecular weight excluding hydrogens is 358 g/mol. The third kappa shape index (κ3) is 3.04. The van der Waals surface area contributed by atoms with Gasteiger partial charge in [0.05, 0.1) is 23.3 Å². The Bertz CT molecular complexity index is 1020. The third-order valence-electron chi connectivity index (χ3n) is 3.98. The van der Waals surface area contributed by atoms with Crippen LogP contribution in [-0.4, -0.2) is 17.5 Å². The minimum absolute atomic E-state index is 0.0794. The van der Waals surface area contributed by atoms with Gasteiger partial charge in [-0.2, -0.15) is 0 Å². The van der Waals surface area contributed by atoms with Crippen molar-refractivity contribution in [3.8, 4) is 0 Å². The fourth-order valence-corrected chi connectivity index (χ4v) is 3.11. The summed E-state index contributed by atoms with van der Waals surface area (Å²) >= 11 is 5.91. The molecule has 2 aromatic rings. The lowest BCUT2D eigenvalue weighted by atomic mass is 9.94. The Morgan fingerprint density at radius 2 is 1.85 bits per heavy atom. The van der Waals surface area contributed by atoms with Gasteiger partial charge in [0.15, 0.2) is 5.78 Å². The van der Waals surface area contributed by atoms with Crippen LogP contribution in [0.15, 0.2) is 33.8 Å². The van der Waals surface area contributed by atoms with Gasteiger partial charge in [0.25, 0.3) is 0 Å². The molecule has 1 atom stereocenters. The van der Waals surface area contributed by atoms with Gasteiger partial charge in [-0.15, -0.1) is 0 Å². The smallest absolute Gasteiger partial charge is 0.314 e. The minimum Gasteiger partial charge on any atom is -0.457 e. The van der Waals surface area contributed by atoms with Crippen molar-refractivity contribution in [2.75, 3.05) is 0 Å². The molecule has 0 bridgehead atoms. The average Bonchev–Trinajstić information content (AvgIpc) is 3.09. The van der Waals surface area contributed by atoms with Gasteiger partial charge in [0.2, 0.25) is 0 Å². The highest BCUT2D eigenvalue weighted by Gasteiger charge is 2.49. The normalized spacial score (nSPS) is 19.0. The molecule has 1 aromatic carbocycles. The number of oxime groups is 1. The highest BCUT2D eigenvalue weighted by molar-refractivity contribution is 6.30. The van der Waals surface area contributed by atoms with Crippen molar-refractivity contribution in [2.24, 2.45) is 5.16 Å². The van der Waals surface area contributed by atoms with Gasteiger partial charge >= 0.3 is 11.8 Å². The van der Waals surface area contributed by atoms with Crippen molar-refractivity contribution in [3.63, 3.8) is 0 Å². The van der Waals surface area contributed by atoms with E-state index in [1.807, 2.05) is 0 Å². The molecule has 0 fully saturated rings. The molecule has 1 aliphatic rings. The zero-order valence-corrected chi connectivity index (χ0v) is 15.1. The number of carbonyl (C=O) groups is 2. The molecule has 0 saturated carbocycles. The molecular formula is C19H16ClNO5. The highest BCUT2D eigenvalue weighted by Crippen LogP contribution is 2.38. The van der Waals surface area contributed by atoms with E-state index in [4.69, 9.17) is 25.6 Å². The van der Waals surface area contributed by atoms with Gasteiger partial charge in [-0.25, -0.2) is 0 Å². The summed E-state index contributed by atoms with van der Waals surface area (Å²) in [6.45, 7) is 10.1. The van der Waals surface area contributed by atoms with Gasteiger partial charge in [0, 0.05) is 11.9 Å². The second kappa shape index (κ2) is 6.46. The molecule has 0 N–H and O–H groups in total. The van der Waals surface area contributed by atoms with Crippen LogP contribution in [0.5, 0.6) is 0 Å². The first-order valence-electron chi connectivity index (χ1n) is 7.76. The zero-order valence-electron chi connectivity index (χ0n) is 14.3. The summed E-state index contributed by atoms with van der Waals surface area (Å²) < 4.78 is 10.9. The molecule has 0 radical (unpaired) electrons. The molecule has 1 aliphatic heterocycles. The zero-order chi connectivity index (χ0) is 19.1. The van der Waals surface area contributed by atoms with Crippen molar-refractivity contribution in [3.05, 3.63) is 56.8 Å². The van der Waals surface area contributed by atoms with E-state index in [2.05, 4.69) is 18.3 Å². The van der Waals surface area contributed by atoms with Crippen LogP contribution in [-0.2, 0) is 20.2 Å². The number of hydrogen-bond acceptors (Lipinski definition) is 6. The molecule has 7 heteroatoms. The topological polar surface area (TPSA) is 78.1 Å². The number of esters is 1. The van der Waals surface area contributed by atoms with Crippen molar-refractivity contribution < 1.29 is 23.6 Å². The number of nitrogens with zero attached hydrogens (tertiary/aromatic N) is 1. The molecule has 1 unspecified atom stereocenters. The Morgan fingerprint density at radius 1 is 1.19 bits per heavy atom. The number of ketones is 1. The van der Waals surface area contributed by atoms with Gasteiger partial charge in [-0.05, 0) is 24.6 Å². The molecule has 134 valence electrons. The average molecular weight is 374 g/mol. The van der Waals surface area contributed by atoms with E-state index in [0.717, 1.165) is 5.56 Å². The molecule has 3 rings (SSSR count). The van der Waals surface area contributed by atoms with Crippen LogP contribution in [0.25, 0.3) is 13.2 Å². The number of furan rings is 1. The first-order chi connectivity index (χ1) is 12.2. The second-order valence-electron chi connectivity index (χ2n) is 5.91. The van der Waals surface area contributed by atoms with Gasteiger partial charge in [-0.3, -0.25) is 9.59 Å². The summed E-state index contributed by atoms with van der Waals surface area (Å²) in [4.78, 5) is 29.4. The van der Waals surface area contributed by atoms with Crippen LogP contribution >= 0.6 is 11.6 Å². The van der Waals surface area contributed by atoms with Crippen LogP contribution in [0, 0.1) is 0 Å². The van der Waals surface area contributed by atoms with Crippen molar-refractivity contribution in [1.29, 1.82) is 0 Å². The van der Waals surface area contributed by atoms with Crippen LogP contribution < -0.4 is 10.8 Å². The number of Topliss-reactive ketones (excluding diaryl/α,β-unsaturated/α-hetero) is 1. The summed E-state index contributed by atoms with van der Waals surface area (Å²) in [5.41, 5.74) is 1.93. The summed E-state index contributed by atoms with van der Waals surface area (Å²) in [6, 6.07) is 6.97. The molecule has 2 heterocycles. The Labute approximate surface area is 154 Å². The van der Waals surface area contributed by atoms with E-state index in [1.54, 1.807) is 24.3 Å². The van der Waals surface area contributed by atoms with Gasteiger partial charge in [0.1, 0.15) is 10.8 Å². The fraction of sp³-hybridized carbons (Fsp3) is 0.211. The van der Waals surface area contributed by atoms with E-state index in [-0.39, 0.29) is 34.2 Å². The first-order valence-corrected chi connectivity index (χ1v) is 8.14. The number of benzene rings is 1. The molecule has 0 spiro atoms. The molecule has 1 aromatic heterocycles. The Balaban J connectivity index is 2.11. The van der Waals surface area contributed by atoms with Gasteiger partial charge < -0.3 is 14.0 Å². The highest BCUT2D eigenvalue weighted by atomic mass is 35.5. The third-order valence-corrected chi connectivity index (χ3v) is 4.23. The van der Waals surface area contributed by atoms with Crippen molar-refractivity contribution in [2.45, 2.75) is 26.1 Å². The van der Waals surface area contributed by atoms with E-state index >= 15 is 0 Å². The van der Waals surface area contributed by atoms with Crippen molar-refractivity contribution in [1.82, 2.24) is 0 Å². The molecule has 0 aliphatic carbocycles. The standard InChI is InChI=1S/C19H16ClNO5/c1-10(22)17-11(2)24-12(3)18(17)19(25-13(4)23)9-16(21-26-19)14-5-7-15(20)8-6-14/h5-8H,2-3,9H2,1,4H3. The Hall–Kier alpha value is -2.86. The van der Waals surface area contributed by atoms with Crippen LogP contribution in [0.1, 0.15) is 41.8 Å². The summed E-state index contributed by atoms with van der Waals surface area (Å²) in [5, 5.41) is 4.64. The Morgan fingerprint density at radius 3 is 2.42 bits per heavy atom. The van der Waals surface area contributed by atoms with Gasteiger partial charge in [-0.1, -0.05) is 42.0 Å². The summed E-state index contributed by atoms with van der Waals surface area (Å²) in [6.07, 6.45) is 0.0794. The lowest BCUT2D eigenvalue weighted by molar-refractivity contribution is -0.226. The fourth-order valence-electron chi connectivity index (χ4n) is 2.99. The predicted octanol–water partition coefficient (Wildman–Crippen LogP) is 2.50. The summed E-state index contributed by atoms with van der Waals surface area (Å²) in [5.74, 6) is -2.55. The largest absolute Gasteiger partial charge is 0.457 e. The number of hydrogen-bond donors (Lipinski definition) is 0. The van der Waals surface area contributed by atoms with Crippen LogP contribution in [0.4, 0.5) is 0 Å². The maximum atomic E-state index is 12.1. The Kier molecular flexibility index (Phi) is 4.46. The van der Waals surface area contributed by atoms with Crippen molar-refractivity contribution >= 4 is 42.2 Å². The van der Waals surface area contributed by atoms with E-state index in [0.29, 0.717) is 10.7 Å². The van der Waals surface area contributed by atoms with E-state index in [9.17, 15) is 9.59 Å². The molecule has 0 amide bonds. The lowest BCUT2D eigenvalue weighted by Crippen LogP contribution is -2.37. The monoisotopic (exact) mass is 373 g/mol. The number of halogens is 1. The SMILES string of the molecule is C=c1oc(=C)c(C2(OC(C)=O)CC(c3ccc(Cl)cc3)=NO2)c1C(C)=O. The van der Waals surface area contributed by atoms with Crippen LogP contribution in [0.2, 0.25) is 5.02 Å². The molecule has 26 heavy (non-hydrogen) atoms. The number of carbonyl (C=O) groups excluding carboxylic acids is 2. The minimum atomic E-state index is -1.64. The maximum Gasteiger partial charge on any atom is 0.314 e. The number of rotatable bonds is 4. The number of ether oxygens (including phenoxy) is 1. The quantitative estimate of drug-likeness (QED) is 0.607. The predicted molar refractivity (Wildman–Crippen MR) is 96.1 cm³/mol. The maximum absolute atomic E-state index is 12.1. The second-order valence-corrected chi connectivity index (χ2v) is 6.35. The van der Waals surface area contributed by atoms with Crippen LogP contribution in [0.3, 0.4) is 0 Å². The van der Waals surface area contributed by atoms with E-state index < -0.39 is 11.8 Å². The lowest BCUT2D eigenvalue weighted by Gasteiger charge is -2.25. The van der Waals surface area contributed by atoms with E-state index in [1.165, 1.54) is 13.8 Å².